The molecule has 1 saturated carbocycles. The molecule has 0 bridgehead atoms. The Labute approximate surface area is 139 Å². The summed E-state index contributed by atoms with van der Waals surface area (Å²) in [6.07, 6.45) is 4.42. The lowest BCUT2D eigenvalue weighted by atomic mass is 10.0. The second-order valence-corrected chi connectivity index (χ2v) is 8.47. The molecule has 3 rings (SSSR count). The van der Waals surface area contributed by atoms with E-state index in [9.17, 15) is 8.42 Å². The van der Waals surface area contributed by atoms with Gasteiger partial charge in [-0.3, -0.25) is 0 Å². The van der Waals surface area contributed by atoms with Gasteiger partial charge < -0.3 is 10.1 Å². The highest BCUT2D eigenvalue weighted by Gasteiger charge is 2.36. The standard InChI is InChI=1S/C17H26N2O3S/c1-22-17-9-5-4-8-15(17)16-12-18-10-11-19(16)23(20,21)13-14-6-2-3-7-14/h4-5,8-9,14,16,18H,2-3,6-7,10-13H2,1H3. The van der Waals surface area contributed by atoms with E-state index in [-0.39, 0.29) is 6.04 Å². The molecule has 5 nitrogen and oxygen atoms in total. The van der Waals surface area contributed by atoms with Crippen LogP contribution in [0.1, 0.15) is 37.3 Å². The summed E-state index contributed by atoms with van der Waals surface area (Å²) in [4.78, 5) is 0. The van der Waals surface area contributed by atoms with E-state index in [0.29, 0.717) is 31.3 Å². The van der Waals surface area contributed by atoms with Crippen molar-refractivity contribution in [2.45, 2.75) is 31.7 Å². The van der Waals surface area contributed by atoms with Crippen molar-refractivity contribution in [3.63, 3.8) is 0 Å². The third kappa shape index (κ3) is 3.70. The quantitative estimate of drug-likeness (QED) is 0.894. The summed E-state index contributed by atoms with van der Waals surface area (Å²) in [7, 11) is -1.62. The van der Waals surface area contributed by atoms with Crippen LogP contribution in [0.25, 0.3) is 0 Å². The molecule has 2 fully saturated rings. The molecule has 0 spiro atoms. The molecule has 1 aromatic carbocycles. The number of para-hydroxylation sites is 1. The molecular weight excluding hydrogens is 312 g/mol. The van der Waals surface area contributed by atoms with Gasteiger partial charge in [0.1, 0.15) is 5.75 Å². The SMILES string of the molecule is COc1ccccc1C1CNCCN1S(=O)(=O)CC1CCCC1. The van der Waals surface area contributed by atoms with Crippen LogP contribution in [0.2, 0.25) is 0 Å². The molecular formula is C17H26N2O3S. The van der Waals surface area contributed by atoms with Crippen LogP contribution in [-0.4, -0.2) is 45.2 Å². The molecule has 6 heteroatoms. The fourth-order valence-corrected chi connectivity index (χ4v) is 5.86. The van der Waals surface area contributed by atoms with E-state index in [1.54, 1.807) is 11.4 Å². The Morgan fingerprint density at radius 2 is 2.00 bits per heavy atom. The Balaban J connectivity index is 1.86. The van der Waals surface area contributed by atoms with Gasteiger partial charge in [0.15, 0.2) is 0 Å². The molecule has 1 atom stereocenters. The van der Waals surface area contributed by atoms with Crippen molar-refractivity contribution in [3.8, 4) is 5.75 Å². The zero-order valence-corrected chi connectivity index (χ0v) is 14.5. The molecule has 1 N–H and O–H groups in total. The zero-order valence-electron chi connectivity index (χ0n) is 13.7. The first-order valence-electron chi connectivity index (χ1n) is 8.45. The summed E-state index contributed by atoms with van der Waals surface area (Å²) in [5.74, 6) is 1.37. The van der Waals surface area contributed by atoms with Crippen LogP contribution < -0.4 is 10.1 Å². The summed E-state index contributed by atoms with van der Waals surface area (Å²) in [6.45, 7) is 1.86. The van der Waals surface area contributed by atoms with Gasteiger partial charge in [-0.1, -0.05) is 31.0 Å². The number of sulfonamides is 1. The summed E-state index contributed by atoms with van der Waals surface area (Å²) in [5.41, 5.74) is 0.942. The monoisotopic (exact) mass is 338 g/mol. The average molecular weight is 338 g/mol. The number of nitrogens with zero attached hydrogens (tertiary/aromatic N) is 1. The summed E-state index contributed by atoms with van der Waals surface area (Å²) >= 11 is 0. The Hall–Kier alpha value is -1.11. The van der Waals surface area contributed by atoms with E-state index >= 15 is 0 Å². The molecule has 128 valence electrons. The van der Waals surface area contributed by atoms with Crippen LogP contribution >= 0.6 is 0 Å². The molecule has 23 heavy (non-hydrogen) atoms. The lowest BCUT2D eigenvalue weighted by Gasteiger charge is -2.36. The van der Waals surface area contributed by atoms with Gasteiger partial charge in [0.25, 0.3) is 0 Å². The number of nitrogens with one attached hydrogen (secondary N) is 1. The van der Waals surface area contributed by atoms with Crippen molar-refractivity contribution in [1.82, 2.24) is 9.62 Å². The van der Waals surface area contributed by atoms with Gasteiger partial charge in [0, 0.05) is 25.2 Å². The normalized spacial score (nSPS) is 24.0. The van der Waals surface area contributed by atoms with Gasteiger partial charge in [-0.15, -0.1) is 0 Å². The third-order valence-corrected chi connectivity index (χ3v) is 7.01. The number of rotatable bonds is 5. The molecule has 0 radical (unpaired) electrons. The molecule has 1 heterocycles. The van der Waals surface area contributed by atoms with Crippen molar-refractivity contribution < 1.29 is 13.2 Å². The van der Waals surface area contributed by atoms with Crippen LogP contribution in [0.4, 0.5) is 0 Å². The van der Waals surface area contributed by atoms with Crippen molar-refractivity contribution in [3.05, 3.63) is 29.8 Å². The van der Waals surface area contributed by atoms with Crippen LogP contribution in [0.3, 0.4) is 0 Å². The predicted molar refractivity (Wildman–Crippen MR) is 91.1 cm³/mol. The molecule has 1 aromatic rings. The molecule has 1 aliphatic heterocycles. The smallest absolute Gasteiger partial charge is 0.215 e. The summed E-state index contributed by atoms with van der Waals surface area (Å²) in [5, 5.41) is 3.32. The highest BCUT2D eigenvalue weighted by Crippen LogP contribution is 2.34. The van der Waals surface area contributed by atoms with Crippen LogP contribution in [0.5, 0.6) is 5.75 Å². The van der Waals surface area contributed by atoms with E-state index in [1.807, 2.05) is 24.3 Å². The predicted octanol–water partition coefficient (Wildman–Crippen LogP) is 2.16. The number of hydrogen-bond donors (Lipinski definition) is 1. The Morgan fingerprint density at radius 1 is 1.26 bits per heavy atom. The topological polar surface area (TPSA) is 58.6 Å². The minimum Gasteiger partial charge on any atom is -0.496 e. The zero-order chi connectivity index (χ0) is 16.3. The van der Waals surface area contributed by atoms with E-state index < -0.39 is 10.0 Å². The maximum atomic E-state index is 13.0. The van der Waals surface area contributed by atoms with Crippen molar-refractivity contribution in [2.75, 3.05) is 32.5 Å². The van der Waals surface area contributed by atoms with Gasteiger partial charge in [0.2, 0.25) is 10.0 Å². The number of hydrogen-bond acceptors (Lipinski definition) is 4. The van der Waals surface area contributed by atoms with Crippen molar-refractivity contribution >= 4 is 10.0 Å². The fourth-order valence-electron chi connectivity index (χ4n) is 3.80. The van der Waals surface area contributed by atoms with Crippen LogP contribution in [-0.2, 0) is 10.0 Å². The largest absolute Gasteiger partial charge is 0.496 e. The second kappa shape index (κ2) is 7.20. The lowest BCUT2D eigenvalue weighted by Crippen LogP contribution is -2.49. The van der Waals surface area contributed by atoms with Crippen LogP contribution in [0, 0.1) is 5.92 Å². The molecule has 1 aliphatic carbocycles. The first kappa shape index (κ1) is 16.7. The third-order valence-electron chi connectivity index (χ3n) is 4.97. The van der Waals surface area contributed by atoms with Gasteiger partial charge >= 0.3 is 0 Å². The van der Waals surface area contributed by atoms with Crippen LogP contribution in [0.15, 0.2) is 24.3 Å². The van der Waals surface area contributed by atoms with E-state index in [1.165, 1.54) is 0 Å². The number of methoxy groups -OCH3 is 1. The summed E-state index contributed by atoms with van der Waals surface area (Å²) in [6, 6.07) is 7.52. The Morgan fingerprint density at radius 3 is 2.74 bits per heavy atom. The second-order valence-electron chi connectivity index (χ2n) is 6.50. The van der Waals surface area contributed by atoms with Crippen molar-refractivity contribution in [1.29, 1.82) is 0 Å². The first-order chi connectivity index (χ1) is 11.1. The first-order valence-corrected chi connectivity index (χ1v) is 10.1. The lowest BCUT2D eigenvalue weighted by molar-refractivity contribution is 0.263. The number of benzene rings is 1. The van der Waals surface area contributed by atoms with Gasteiger partial charge in [-0.2, -0.15) is 4.31 Å². The highest BCUT2D eigenvalue weighted by atomic mass is 32.2. The molecule has 1 unspecified atom stereocenters. The number of ether oxygens (including phenoxy) is 1. The summed E-state index contributed by atoms with van der Waals surface area (Å²) < 4.78 is 33.1. The maximum absolute atomic E-state index is 13.0. The fraction of sp³-hybridized carbons (Fsp3) is 0.647. The van der Waals surface area contributed by atoms with E-state index in [4.69, 9.17) is 4.74 Å². The van der Waals surface area contributed by atoms with Gasteiger partial charge in [0.05, 0.1) is 18.9 Å². The molecule has 0 aromatic heterocycles. The Bertz CT molecular complexity index is 626. The van der Waals surface area contributed by atoms with Gasteiger partial charge in [-0.25, -0.2) is 8.42 Å². The Kier molecular flexibility index (Phi) is 5.24. The minimum atomic E-state index is -3.25. The molecule has 1 saturated heterocycles. The van der Waals surface area contributed by atoms with E-state index in [0.717, 1.165) is 37.0 Å². The van der Waals surface area contributed by atoms with Crippen molar-refractivity contribution in [2.24, 2.45) is 5.92 Å². The highest BCUT2D eigenvalue weighted by molar-refractivity contribution is 7.89. The molecule has 0 amide bonds. The van der Waals surface area contributed by atoms with E-state index in [2.05, 4.69) is 5.32 Å². The maximum Gasteiger partial charge on any atom is 0.215 e. The number of piperazine rings is 1. The minimum absolute atomic E-state index is 0.189. The average Bonchev–Trinajstić information content (AvgIpc) is 3.07. The molecule has 2 aliphatic rings. The van der Waals surface area contributed by atoms with Gasteiger partial charge in [-0.05, 0) is 24.8 Å².